The molecule has 0 aromatic heterocycles. The molecule has 0 aliphatic carbocycles. The highest BCUT2D eigenvalue weighted by Gasteiger charge is 2.30. The molecule has 226 valence electrons. The lowest BCUT2D eigenvalue weighted by Gasteiger charge is -2.25. The normalized spacial score (nSPS) is 12.6. The Labute approximate surface area is 267 Å². The lowest BCUT2D eigenvalue weighted by atomic mass is 9.95. The minimum Gasteiger partial charge on any atom is -0.436 e. The van der Waals surface area contributed by atoms with Gasteiger partial charge < -0.3 is 9.47 Å². The quantitative estimate of drug-likeness (QED) is 0.136. The Morgan fingerprint density at radius 3 is 1.58 bits per heavy atom. The molecule has 4 heteroatoms. The fourth-order valence-corrected chi connectivity index (χ4v) is 5.95. The molecule has 0 unspecified atom stereocenters. The molecule has 45 heavy (non-hydrogen) atoms. The molecule has 0 saturated heterocycles. The minimum atomic E-state index is 0.555. The lowest BCUT2D eigenvalue weighted by Crippen LogP contribution is -2.17. The second-order valence-corrected chi connectivity index (χ2v) is 11.7. The van der Waals surface area contributed by atoms with Gasteiger partial charge in [-0.05, 0) is 73.7 Å². The van der Waals surface area contributed by atoms with Gasteiger partial charge in [-0.1, -0.05) is 94.9 Å². The molecular formula is C41H40N2O2. The van der Waals surface area contributed by atoms with Crippen molar-refractivity contribution in [1.82, 2.24) is 0 Å². The van der Waals surface area contributed by atoms with Crippen molar-refractivity contribution in [3.05, 3.63) is 94.0 Å². The van der Waals surface area contributed by atoms with E-state index in [1.54, 1.807) is 0 Å². The van der Waals surface area contributed by atoms with Gasteiger partial charge in [-0.3, -0.25) is 0 Å². The van der Waals surface area contributed by atoms with Crippen LogP contribution >= 0.6 is 0 Å². The molecule has 4 nitrogen and oxygen atoms in total. The van der Waals surface area contributed by atoms with Gasteiger partial charge in [0.25, 0.3) is 0 Å². The molecule has 0 saturated carbocycles. The molecule has 0 bridgehead atoms. The Balaban J connectivity index is 1.51. The average molecular weight is 593 g/mol. The van der Waals surface area contributed by atoms with Crippen molar-refractivity contribution in [3.8, 4) is 35.2 Å². The highest BCUT2D eigenvalue weighted by Crippen LogP contribution is 2.51. The number of hydrogen-bond acceptors (Lipinski definition) is 4. The van der Waals surface area contributed by atoms with Crippen molar-refractivity contribution in [2.75, 3.05) is 0 Å². The number of hydrogen-bond donors (Lipinski definition) is 0. The number of rotatable bonds is 10. The summed E-state index contributed by atoms with van der Waals surface area (Å²) >= 11 is 0. The second-order valence-electron chi connectivity index (χ2n) is 11.7. The molecule has 2 heterocycles. The lowest BCUT2D eigenvalue weighted by molar-refractivity contribution is 0.545. The van der Waals surface area contributed by atoms with Crippen LogP contribution in [0, 0.1) is 23.7 Å². The summed E-state index contributed by atoms with van der Waals surface area (Å²) in [6.07, 6.45) is 9.87. The summed E-state index contributed by atoms with van der Waals surface area (Å²) in [7, 11) is 0. The maximum atomic E-state index is 6.65. The van der Waals surface area contributed by atoms with E-state index in [1.807, 2.05) is 13.0 Å². The van der Waals surface area contributed by atoms with E-state index in [4.69, 9.17) is 19.5 Å². The molecule has 0 radical (unpaired) electrons. The zero-order valence-corrected chi connectivity index (χ0v) is 26.8. The van der Waals surface area contributed by atoms with Crippen LogP contribution in [0.1, 0.15) is 106 Å². The van der Waals surface area contributed by atoms with E-state index in [0.717, 1.165) is 82.9 Å². The third-order valence-corrected chi connectivity index (χ3v) is 8.23. The van der Waals surface area contributed by atoms with Crippen LogP contribution in [-0.2, 0) is 12.8 Å². The predicted octanol–water partition coefficient (Wildman–Crippen LogP) is 10.4. The summed E-state index contributed by atoms with van der Waals surface area (Å²) in [6.45, 7) is 8.46. The maximum Gasteiger partial charge on any atom is 0.227 e. The Kier molecular flexibility index (Phi) is 9.33. The largest absolute Gasteiger partial charge is 0.436 e. The predicted molar refractivity (Wildman–Crippen MR) is 187 cm³/mol. The summed E-state index contributed by atoms with van der Waals surface area (Å²) in [5, 5.41) is 1.73. The van der Waals surface area contributed by atoms with Crippen LogP contribution in [-0.4, -0.2) is 11.8 Å². The molecule has 0 amide bonds. The minimum absolute atomic E-state index is 0.555. The molecule has 0 atom stereocenters. The maximum absolute atomic E-state index is 6.65. The number of aliphatic imine (C=N–C) groups is 2. The second kappa shape index (κ2) is 13.9. The number of unbranched alkanes of at least 4 members (excludes halogenated alkanes) is 4. The van der Waals surface area contributed by atoms with Gasteiger partial charge in [-0.2, -0.15) is 0 Å². The first-order valence-corrected chi connectivity index (χ1v) is 16.4. The van der Waals surface area contributed by atoms with Gasteiger partial charge in [-0.25, -0.2) is 9.98 Å². The van der Waals surface area contributed by atoms with Crippen molar-refractivity contribution in [3.63, 3.8) is 0 Å². The monoisotopic (exact) mass is 592 g/mol. The highest BCUT2D eigenvalue weighted by molar-refractivity contribution is 6.18. The molecule has 6 rings (SSSR count). The zero-order valence-electron chi connectivity index (χ0n) is 26.8. The number of aryl methyl sites for hydroxylation is 2. The smallest absolute Gasteiger partial charge is 0.227 e. The summed E-state index contributed by atoms with van der Waals surface area (Å²) in [5.74, 6) is 15.7. The van der Waals surface area contributed by atoms with E-state index in [2.05, 4.69) is 99.1 Å². The fraction of sp³-hybridized carbons (Fsp3) is 0.317. The first kappa shape index (κ1) is 30.2. The Bertz CT molecular complexity index is 1910. The third kappa shape index (κ3) is 6.38. The molecule has 0 N–H and O–H groups in total. The molecular weight excluding hydrogens is 552 g/mol. The van der Waals surface area contributed by atoms with Gasteiger partial charge >= 0.3 is 0 Å². The van der Waals surface area contributed by atoms with Crippen LogP contribution in [0.25, 0.3) is 10.8 Å². The molecule has 4 aromatic rings. The van der Waals surface area contributed by atoms with Crippen molar-refractivity contribution >= 4 is 33.9 Å². The number of ether oxygens (including phenoxy) is 2. The molecule has 0 spiro atoms. The summed E-state index contributed by atoms with van der Waals surface area (Å²) < 4.78 is 13.2. The van der Waals surface area contributed by atoms with Crippen molar-refractivity contribution in [1.29, 1.82) is 0 Å². The van der Waals surface area contributed by atoms with Crippen molar-refractivity contribution in [2.24, 2.45) is 9.98 Å². The van der Waals surface area contributed by atoms with Crippen molar-refractivity contribution in [2.45, 2.75) is 85.5 Å². The summed E-state index contributed by atoms with van der Waals surface area (Å²) in [5.41, 5.74) is 7.64. The fourth-order valence-electron chi connectivity index (χ4n) is 5.95. The van der Waals surface area contributed by atoms with Crippen LogP contribution in [0.5, 0.6) is 11.5 Å². The Morgan fingerprint density at radius 1 is 0.600 bits per heavy atom. The Hall–Kier alpha value is -4.80. The standard InChI is InChI=1S/C41H40N2O2/c1-5-9-10-11-12-13-17-33-27-35-36-37-34(42-41(45-39(33)37)31-24-20-29(15-7-3)21-25-31)26-32(16-8-4)38(36)44-40(43-35)30-22-18-28(14-6-2)19-23-30/h18-27H,5-7,9-12,14-15H2,1-4H3. The first-order valence-electron chi connectivity index (χ1n) is 16.4. The highest BCUT2D eigenvalue weighted by atomic mass is 16.5. The van der Waals surface area contributed by atoms with Crippen LogP contribution in [0.3, 0.4) is 0 Å². The van der Waals surface area contributed by atoms with E-state index in [9.17, 15) is 0 Å². The molecule has 0 fully saturated rings. The van der Waals surface area contributed by atoms with Crippen molar-refractivity contribution < 1.29 is 9.47 Å². The van der Waals surface area contributed by atoms with E-state index in [1.165, 1.54) is 30.4 Å². The third-order valence-electron chi connectivity index (χ3n) is 8.23. The van der Waals surface area contributed by atoms with Gasteiger partial charge in [0, 0.05) is 17.5 Å². The Morgan fingerprint density at radius 2 is 1.11 bits per heavy atom. The summed E-state index contributed by atoms with van der Waals surface area (Å²) in [6, 6.07) is 21.1. The van der Waals surface area contributed by atoms with E-state index >= 15 is 0 Å². The van der Waals surface area contributed by atoms with E-state index in [-0.39, 0.29) is 0 Å². The van der Waals surface area contributed by atoms with E-state index in [0.29, 0.717) is 23.3 Å². The molecule has 2 aliphatic rings. The first-order chi connectivity index (χ1) is 22.1. The number of nitrogens with zero attached hydrogens (tertiary/aromatic N) is 2. The van der Waals surface area contributed by atoms with Crippen LogP contribution in [0.15, 0.2) is 70.6 Å². The van der Waals surface area contributed by atoms with Gasteiger partial charge in [0.05, 0.1) is 33.3 Å². The van der Waals surface area contributed by atoms with Gasteiger partial charge in [0.2, 0.25) is 11.8 Å². The molecule has 4 aromatic carbocycles. The van der Waals surface area contributed by atoms with Gasteiger partial charge in [0.1, 0.15) is 0 Å². The van der Waals surface area contributed by atoms with Crippen LogP contribution in [0.4, 0.5) is 11.4 Å². The van der Waals surface area contributed by atoms with Crippen LogP contribution < -0.4 is 9.47 Å². The SMILES string of the molecule is CC#Cc1cc2c3c(c(C#CCCCCCC)cc4c3c1OC(c1ccc(CCC)cc1)=N4)OC(c1ccc(CCC)cc1)=N2. The van der Waals surface area contributed by atoms with E-state index < -0.39 is 0 Å². The van der Waals surface area contributed by atoms with Crippen LogP contribution in [0.2, 0.25) is 0 Å². The number of benzene rings is 4. The molecule has 2 aliphatic heterocycles. The van der Waals surface area contributed by atoms with Gasteiger partial charge in [0.15, 0.2) is 11.5 Å². The van der Waals surface area contributed by atoms with Gasteiger partial charge in [-0.15, -0.1) is 5.92 Å². The zero-order chi connectivity index (χ0) is 31.2. The average Bonchev–Trinajstić information content (AvgIpc) is 3.06. The summed E-state index contributed by atoms with van der Waals surface area (Å²) in [4.78, 5) is 10.1. The topological polar surface area (TPSA) is 43.2 Å².